The molecule has 1 atom stereocenters. The number of carbonyl (C=O) groups is 1. The molecule has 1 N–H and O–H groups in total. The monoisotopic (exact) mass is 322 g/mol. The van der Waals surface area contributed by atoms with Gasteiger partial charge in [-0.2, -0.15) is 5.10 Å². The molecule has 23 heavy (non-hydrogen) atoms. The second-order valence-corrected chi connectivity index (χ2v) is 6.36. The quantitative estimate of drug-likeness (QED) is 0.531. The lowest BCUT2D eigenvalue weighted by Gasteiger charge is -2.07. The second-order valence-electron chi connectivity index (χ2n) is 5.45. The number of hydrazone groups is 1. The highest BCUT2D eigenvalue weighted by molar-refractivity contribution is 7.17. The molecule has 0 unspecified atom stereocenters. The third-order valence-electron chi connectivity index (χ3n) is 3.81. The van der Waals surface area contributed by atoms with Gasteiger partial charge in [-0.15, -0.1) is 11.3 Å². The van der Waals surface area contributed by atoms with Gasteiger partial charge in [0.1, 0.15) is 0 Å². The maximum absolute atomic E-state index is 12.2. The zero-order valence-electron chi connectivity index (χ0n) is 12.9. The van der Waals surface area contributed by atoms with Crippen molar-refractivity contribution in [2.45, 2.75) is 19.3 Å². The number of nitrogens with one attached hydrogen (secondary N) is 1. The molecule has 1 amide bonds. The molecule has 0 bridgehead atoms. The average Bonchev–Trinajstić information content (AvgIpc) is 3.03. The predicted octanol–water partition coefficient (Wildman–Crippen LogP) is 4.81. The van der Waals surface area contributed by atoms with E-state index in [4.69, 9.17) is 0 Å². The van der Waals surface area contributed by atoms with Crippen LogP contribution < -0.4 is 5.43 Å². The maximum Gasteiger partial charge on any atom is 0.272 e. The third kappa shape index (κ3) is 3.66. The fourth-order valence-corrected chi connectivity index (χ4v) is 3.39. The Morgan fingerprint density at radius 3 is 2.74 bits per heavy atom. The summed E-state index contributed by atoms with van der Waals surface area (Å²) in [7, 11) is 0. The summed E-state index contributed by atoms with van der Waals surface area (Å²) in [6.45, 7) is 2.15. The summed E-state index contributed by atoms with van der Waals surface area (Å²) >= 11 is 1.57. The number of hydrogen-bond donors (Lipinski definition) is 1. The van der Waals surface area contributed by atoms with Gasteiger partial charge in [0.2, 0.25) is 0 Å². The van der Waals surface area contributed by atoms with E-state index >= 15 is 0 Å². The Balaban J connectivity index is 1.59. The van der Waals surface area contributed by atoms with Crippen LogP contribution in [0.1, 0.15) is 35.2 Å². The van der Waals surface area contributed by atoms with Crippen LogP contribution in [0.2, 0.25) is 0 Å². The molecule has 0 radical (unpaired) electrons. The number of thiophene rings is 1. The lowest BCUT2D eigenvalue weighted by Crippen LogP contribution is -2.17. The molecule has 0 aliphatic rings. The van der Waals surface area contributed by atoms with Gasteiger partial charge in [0.25, 0.3) is 5.91 Å². The third-order valence-corrected chi connectivity index (χ3v) is 4.77. The van der Waals surface area contributed by atoms with Crippen LogP contribution in [0.25, 0.3) is 10.1 Å². The van der Waals surface area contributed by atoms with Crippen LogP contribution in [0.3, 0.4) is 0 Å². The highest BCUT2D eigenvalue weighted by atomic mass is 32.1. The topological polar surface area (TPSA) is 41.5 Å². The van der Waals surface area contributed by atoms with E-state index in [1.165, 1.54) is 5.56 Å². The molecule has 0 spiro atoms. The van der Waals surface area contributed by atoms with E-state index in [2.05, 4.69) is 29.6 Å². The molecule has 0 fully saturated rings. The van der Waals surface area contributed by atoms with Crippen LogP contribution in [0.4, 0.5) is 0 Å². The molecule has 4 heteroatoms. The van der Waals surface area contributed by atoms with Crippen molar-refractivity contribution in [2.24, 2.45) is 5.10 Å². The van der Waals surface area contributed by atoms with Gasteiger partial charge in [-0.05, 0) is 24.0 Å². The first kappa shape index (κ1) is 15.4. The van der Waals surface area contributed by atoms with Crippen molar-refractivity contribution in [2.75, 3.05) is 0 Å². The number of benzene rings is 2. The van der Waals surface area contributed by atoms with Gasteiger partial charge in [-0.3, -0.25) is 4.79 Å². The summed E-state index contributed by atoms with van der Waals surface area (Å²) in [4.78, 5) is 12.2. The Kier molecular flexibility index (Phi) is 4.83. The fraction of sp³-hybridized carbons (Fsp3) is 0.158. The highest BCUT2D eigenvalue weighted by Crippen LogP contribution is 2.25. The molecule has 3 rings (SSSR count). The maximum atomic E-state index is 12.2. The van der Waals surface area contributed by atoms with Crippen molar-refractivity contribution >= 4 is 33.5 Å². The van der Waals surface area contributed by atoms with Gasteiger partial charge in [0.15, 0.2) is 0 Å². The van der Waals surface area contributed by atoms with Crippen LogP contribution in [0.15, 0.2) is 65.1 Å². The van der Waals surface area contributed by atoms with Crippen LogP contribution in [-0.4, -0.2) is 12.1 Å². The molecule has 1 heterocycles. The number of rotatable bonds is 5. The highest BCUT2D eigenvalue weighted by Gasteiger charge is 2.10. The Morgan fingerprint density at radius 2 is 1.91 bits per heavy atom. The number of nitrogens with zero attached hydrogens (tertiary/aromatic N) is 1. The molecular weight excluding hydrogens is 304 g/mol. The molecule has 1 aromatic heterocycles. The Bertz CT molecular complexity index is 824. The van der Waals surface area contributed by atoms with E-state index in [0.717, 1.165) is 16.5 Å². The molecule has 2 aromatic carbocycles. The molecule has 3 aromatic rings. The van der Waals surface area contributed by atoms with E-state index in [0.29, 0.717) is 11.5 Å². The molecule has 0 saturated carbocycles. The molecule has 0 aliphatic carbocycles. The van der Waals surface area contributed by atoms with E-state index < -0.39 is 0 Å². The minimum atomic E-state index is -0.161. The lowest BCUT2D eigenvalue weighted by atomic mass is 9.99. The van der Waals surface area contributed by atoms with Gasteiger partial charge < -0.3 is 0 Å². The summed E-state index contributed by atoms with van der Waals surface area (Å²) in [5, 5.41) is 6.93. The van der Waals surface area contributed by atoms with E-state index in [-0.39, 0.29) is 5.91 Å². The van der Waals surface area contributed by atoms with Gasteiger partial charge in [-0.25, -0.2) is 5.43 Å². The summed E-state index contributed by atoms with van der Waals surface area (Å²) in [6.07, 6.45) is 2.55. The van der Waals surface area contributed by atoms with Crippen LogP contribution in [-0.2, 0) is 0 Å². The smallest absolute Gasteiger partial charge is 0.267 e. The Hall–Kier alpha value is -2.46. The van der Waals surface area contributed by atoms with Crippen molar-refractivity contribution < 1.29 is 4.79 Å². The zero-order valence-corrected chi connectivity index (χ0v) is 13.7. The molecule has 3 nitrogen and oxygen atoms in total. The average molecular weight is 322 g/mol. The van der Waals surface area contributed by atoms with Gasteiger partial charge in [-0.1, -0.05) is 55.5 Å². The number of carbonyl (C=O) groups excluding carboxylic acids is 1. The second kappa shape index (κ2) is 7.20. The van der Waals surface area contributed by atoms with E-state index in [9.17, 15) is 4.79 Å². The molecular formula is C19H18N2OS. The van der Waals surface area contributed by atoms with Crippen molar-refractivity contribution in [1.29, 1.82) is 0 Å². The minimum absolute atomic E-state index is 0.161. The van der Waals surface area contributed by atoms with Crippen LogP contribution in [0.5, 0.6) is 0 Å². The van der Waals surface area contributed by atoms with Crippen molar-refractivity contribution in [3.05, 3.63) is 71.1 Å². The largest absolute Gasteiger partial charge is 0.272 e. The summed E-state index contributed by atoms with van der Waals surface area (Å²) in [6, 6.07) is 18.2. The van der Waals surface area contributed by atoms with Crippen molar-refractivity contribution in [3.63, 3.8) is 0 Å². The first-order valence-corrected chi connectivity index (χ1v) is 8.46. The van der Waals surface area contributed by atoms with Crippen molar-refractivity contribution in [3.8, 4) is 0 Å². The van der Waals surface area contributed by atoms with Crippen molar-refractivity contribution in [1.82, 2.24) is 5.43 Å². The van der Waals surface area contributed by atoms with E-state index in [1.807, 2.05) is 47.8 Å². The SMILES string of the molecule is C[C@@H](C/C=N\NC(=O)c1csc2ccccc12)c1ccccc1. The summed E-state index contributed by atoms with van der Waals surface area (Å²) in [5.74, 6) is 0.213. The Morgan fingerprint density at radius 1 is 1.17 bits per heavy atom. The lowest BCUT2D eigenvalue weighted by molar-refractivity contribution is 0.0957. The minimum Gasteiger partial charge on any atom is -0.267 e. The van der Waals surface area contributed by atoms with Gasteiger partial charge >= 0.3 is 0 Å². The summed E-state index contributed by atoms with van der Waals surface area (Å²) < 4.78 is 1.11. The number of amides is 1. The molecule has 0 aliphatic heterocycles. The van der Waals surface area contributed by atoms with E-state index in [1.54, 1.807) is 17.6 Å². The number of fused-ring (bicyclic) bond motifs is 1. The first-order chi connectivity index (χ1) is 11.3. The fourth-order valence-electron chi connectivity index (χ4n) is 2.45. The zero-order chi connectivity index (χ0) is 16.1. The van der Waals surface area contributed by atoms with Crippen LogP contribution in [0, 0.1) is 0 Å². The first-order valence-electron chi connectivity index (χ1n) is 7.58. The standard InChI is InChI=1S/C19H18N2OS/c1-14(15-7-3-2-4-8-15)11-12-20-21-19(22)17-13-23-18-10-6-5-9-16(17)18/h2-10,12-14H,11H2,1H3,(H,21,22)/b20-12-/t14-/m0/s1. The van der Waals surface area contributed by atoms with Crippen LogP contribution >= 0.6 is 11.3 Å². The number of hydrogen-bond acceptors (Lipinski definition) is 3. The van der Waals surface area contributed by atoms with Gasteiger partial charge in [0.05, 0.1) is 5.56 Å². The predicted molar refractivity (Wildman–Crippen MR) is 97.3 cm³/mol. The molecule has 116 valence electrons. The van der Waals surface area contributed by atoms with Gasteiger partial charge in [0, 0.05) is 21.7 Å². The normalized spacial score (nSPS) is 12.6. The Labute approximate surface area is 139 Å². The summed E-state index contributed by atoms with van der Waals surface area (Å²) in [5.41, 5.74) is 4.57. The molecule has 0 saturated heterocycles.